The molecule has 0 spiro atoms. The summed E-state index contributed by atoms with van der Waals surface area (Å²) in [5.41, 5.74) is 0. The van der Waals surface area contributed by atoms with E-state index >= 15 is 0 Å². The Labute approximate surface area is 126 Å². The quantitative estimate of drug-likeness (QED) is 0.761. The normalized spacial score (nSPS) is 25.4. The van der Waals surface area contributed by atoms with Gasteiger partial charge in [-0.2, -0.15) is 17.0 Å². The van der Waals surface area contributed by atoms with Gasteiger partial charge < -0.3 is 10.1 Å². The van der Waals surface area contributed by atoms with Gasteiger partial charge in [0.05, 0.1) is 6.10 Å². The Bertz CT molecular complexity index is 452. The average molecular weight is 319 g/mol. The van der Waals surface area contributed by atoms with Crippen LogP contribution in [0.2, 0.25) is 0 Å². The number of carbonyl (C=O) groups excluding carboxylic acids is 1. The zero-order chi connectivity index (χ0) is 15.5. The molecule has 7 nitrogen and oxygen atoms in total. The van der Waals surface area contributed by atoms with Crippen molar-refractivity contribution in [3.63, 3.8) is 0 Å². The average Bonchev–Trinajstić information content (AvgIpc) is 2.98. The van der Waals surface area contributed by atoms with E-state index in [0.717, 1.165) is 19.4 Å². The van der Waals surface area contributed by atoms with Gasteiger partial charge in [0.2, 0.25) is 5.91 Å². The smallest absolute Gasteiger partial charge is 0.281 e. The highest BCUT2D eigenvalue weighted by molar-refractivity contribution is 7.86. The number of ether oxygens (including phenoxy) is 1. The Kier molecular flexibility index (Phi) is 5.59. The van der Waals surface area contributed by atoms with Gasteiger partial charge in [-0.05, 0) is 25.7 Å². The fourth-order valence-corrected chi connectivity index (χ4v) is 3.88. The van der Waals surface area contributed by atoms with Crippen LogP contribution in [0.15, 0.2) is 0 Å². The van der Waals surface area contributed by atoms with E-state index in [2.05, 4.69) is 5.32 Å². The molecule has 0 aliphatic carbocycles. The molecular formula is C13H25N3O4S. The van der Waals surface area contributed by atoms with Gasteiger partial charge in [-0.1, -0.05) is 0 Å². The van der Waals surface area contributed by atoms with Crippen LogP contribution in [-0.4, -0.2) is 69.4 Å². The second kappa shape index (κ2) is 7.04. The predicted octanol–water partition coefficient (Wildman–Crippen LogP) is -0.200. The summed E-state index contributed by atoms with van der Waals surface area (Å²) < 4.78 is 32.1. The first-order valence-corrected chi connectivity index (χ1v) is 8.88. The maximum Gasteiger partial charge on any atom is 0.281 e. The summed E-state index contributed by atoms with van der Waals surface area (Å²) in [4.78, 5) is 12.1. The molecular weight excluding hydrogens is 294 g/mol. The van der Waals surface area contributed by atoms with Crippen molar-refractivity contribution in [1.82, 2.24) is 13.9 Å². The Morgan fingerprint density at radius 2 is 1.95 bits per heavy atom. The maximum atomic E-state index is 12.1. The van der Waals surface area contributed by atoms with Crippen LogP contribution in [0, 0.1) is 5.92 Å². The van der Waals surface area contributed by atoms with Crippen LogP contribution in [0.3, 0.4) is 0 Å². The van der Waals surface area contributed by atoms with Crippen molar-refractivity contribution in [2.24, 2.45) is 5.92 Å². The molecule has 1 atom stereocenters. The summed E-state index contributed by atoms with van der Waals surface area (Å²) >= 11 is 0. The fraction of sp³-hybridized carbons (Fsp3) is 0.923. The van der Waals surface area contributed by atoms with Gasteiger partial charge in [0.1, 0.15) is 0 Å². The van der Waals surface area contributed by atoms with E-state index in [9.17, 15) is 13.2 Å². The lowest BCUT2D eigenvalue weighted by Gasteiger charge is -2.32. The molecule has 2 aliphatic heterocycles. The minimum Gasteiger partial charge on any atom is -0.376 e. The van der Waals surface area contributed by atoms with Crippen molar-refractivity contribution in [2.75, 3.05) is 40.3 Å². The van der Waals surface area contributed by atoms with Crippen LogP contribution in [0.4, 0.5) is 0 Å². The van der Waals surface area contributed by atoms with Crippen molar-refractivity contribution in [2.45, 2.75) is 31.8 Å². The van der Waals surface area contributed by atoms with Crippen LogP contribution < -0.4 is 5.32 Å². The van der Waals surface area contributed by atoms with Gasteiger partial charge >= 0.3 is 0 Å². The molecule has 0 aromatic heterocycles. The highest BCUT2D eigenvalue weighted by atomic mass is 32.2. The van der Waals surface area contributed by atoms with Crippen molar-refractivity contribution < 1.29 is 17.9 Å². The monoisotopic (exact) mass is 319 g/mol. The highest BCUT2D eigenvalue weighted by Gasteiger charge is 2.32. The molecule has 0 radical (unpaired) electrons. The van der Waals surface area contributed by atoms with E-state index in [-0.39, 0.29) is 17.9 Å². The molecule has 2 fully saturated rings. The number of nitrogens with one attached hydrogen (secondary N) is 1. The van der Waals surface area contributed by atoms with Gasteiger partial charge in [0, 0.05) is 46.3 Å². The molecule has 0 unspecified atom stereocenters. The SMILES string of the molecule is CN(C)S(=O)(=O)N1CCC(C(=O)NC[C@H]2CCCO2)CC1. The van der Waals surface area contributed by atoms with Gasteiger partial charge in [0.25, 0.3) is 10.2 Å². The second-order valence-corrected chi connectivity index (χ2v) is 7.99. The molecule has 8 heteroatoms. The first-order valence-electron chi connectivity index (χ1n) is 7.48. The van der Waals surface area contributed by atoms with Gasteiger partial charge in [-0.15, -0.1) is 0 Å². The summed E-state index contributed by atoms with van der Waals surface area (Å²) in [7, 11) is -0.312. The van der Waals surface area contributed by atoms with Crippen LogP contribution in [0.25, 0.3) is 0 Å². The Hall–Kier alpha value is -0.700. The lowest BCUT2D eigenvalue weighted by atomic mass is 9.97. The Morgan fingerprint density at radius 1 is 1.29 bits per heavy atom. The molecule has 2 rings (SSSR count). The molecule has 2 aliphatic rings. The molecule has 2 saturated heterocycles. The topological polar surface area (TPSA) is 79.0 Å². The fourth-order valence-electron chi connectivity index (χ4n) is 2.74. The second-order valence-electron chi connectivity index (χ2n) is 5.84. The van der Waals surface area contributed by atoms with Crippen LogP contribution in [0.1, 0.15) is 25.7 Å². The van der Waals surface area contributed by atoms with E-state index in [1.165, 1.54) is 22.7 Å². The molecule has 2 heterocycles. The third kappa shape index (κ3) is 4.15. The third-order valence-electron chi connectivity index (χ3n) is 4.14. The van der Waals surface area contributed by atoms with E-state index < -0.39 is 10.2 Å². The highest BCUT2D eigenvalue weighted by Crippen LogP contribution is 2.21. The minimum absolute atomic E-state index is 0.0207. The van der Waals surface area contributed by atoms with Crippen molar-refractivity contribution >= 4 is 16.1 Å². The van der Waals surface area contributed by atoms with Gasteiger partial charge in [0.15, 0.2) is 0 Å². The molecule has 0 aromatic rings. The summed E-state index contributed by atoms with van der Waals surface area (Å²) in [5.74, 6) is -0.0765. The molecule has 1 N–H and O–H groups in total. The van der Waals surface area contributed by atoms with Crippen LogP contribution >= 0.6 is 0 Å². The summed E-state index contributed by atoms with van der Waals surface area (Å²) in [6.07, 6.45) is 3.35. The third-order valence-corrected chi connectivity index (χ3v) is 6.08. The number of carbonyl (C=O) groups is 1. The molecule has 0 aromatic carbocycles. The van der Waals surface area contributed by atoms with E-state index in [4.69, 9.17) is 4.74 Å². The van der Waals surface area contributed by atoms with Crippen LogP contribution in [-0.2, 0) is 19.7 Å². The van der Waals surface area contributed by atoms with Crippen LogP contribution in [0.5, 0.6) is 0 Å². The van der Waals surface area contributed by atoms with E-state index in [1.54, 1.807) is 0 Å². The first kappa shape index (κ1) is 16.7. The molecule has 1 amide bonds. The Balaban J connectivity index is 1.76. The number of piperidine rings is 1. The first-order chi connectivity index (χ1) is 9.91. The predicted molar refractivity (Wildman–Crippen MR) is 78.9 cm³/mol. The van der Waals surface area contributed by atoms with Gasteiger partial charge in [-0.3, -0.25) is 4.79 Å². The standard InChI is InChI=1S/C13H25N3O4S/c1-15(2)21(18,19)16-7-5-11(6-8-16)13(17)14-10-12-4-3-9-20-12/h11-12H,3-10H2,1-2H3,(H,14,17)/t12-/m1/s1. The zero-order valence-corrected chi connectivity index (χ0v) is 13.6. The number of nitrogens with zero attached hydrogens (tertiary/aromatic N) is 2. The zero-order valence-electron chi connectivity index (χ0n) is 12.7. The summed E-state index contributed by atoms with van der Waals surface area (Å²) in [6.45, 7) is 2.15. The lowest BCUT2D eigenvalue weighted by molar-refractivity contribution is -0.126. The number of hydrogen-bond acceptors (Lipinski definition) is 4. The van der Waals surface area contributed by atoms with Crippen molar-refractivity contribution in [3.05, 3.63) is 0 Å². The molecule has 122 valence electrons. The van der Waals surface area contributed by atoms with E-state index in [0.29, 0.717) is 32.5 Å². The van der Waals surface area contributed by atoms with Gasteiger partial charge in [-0.25, -0.2) is 0 Å². The van der Waals surface area contributed by atoms with Crippen molar-refractivity contribution in [3.8, 4) is 0 Å². The molecule has 21 heavy (non-hydrogen) atoms. The van der Waals surface area contributed by atoms with Crippen molar-refractivity contribution in [1.29, 1.82) is 0 Å². The summed E-state index contributed by atoms with van der Waals surface area (Å²) in [5, 5.41) is 2.93. The largest absolute Gasteiger partial charge is 0.376 e. The number of amides is 1. The lowest BCUT2D eigenvalue weighted by Crippen LogP contribution is -2.47. The minimum atomic E-state index is -3.36. The maximum absolute atomic E-state index is 12.1. The number of hydrogen-bond donors (Lipinski definition) is 1. The number of rotatable bonds is 5. The Morgan fingerprint density at radius 3 is 2.48 bits per heavy atom. The van der Waals surface area contributed by atoms with E-state index in [1.807, 2.05) is 0 Å². The summed E-state index contributed by atoms with van der Waals surface area (Å²) in [6, 6.07) is 0. The molecule has 0 bridgehead atoms. The molecule has 0 saturated carbocycles.